The lowest BCUT2D eigenvalue weighted by Gasteiger charge is -2.05. The molecule has 0 aliphatic rings. The third-order valence-electron chi connectivity index (χ3n) is 3.35. The highest BCUT2D eigenvalue weighted by Crippen LogP contribution is 2.21. The van der Waals surface area contributed by atoms with Crippen molar-refractivity contribution in [2.75, 3.05) is 0 Å². The molecule has 1 amide bonds. The fourth-order valence-electron chi connectivity index (χ4n) is 2.13. The first kappa shape index (κ1) is 16.3. The molecule has 0 saturated carbocycles. The molecule has 0 atom stereocenters. The number of phenolic OH excluding ortho intramolecular Hbond substituents is 1. The molecule has 0 spiro atoms. The van der Waals surface area contributed by atoms with Crippen LogP contribution in [0.25, 0.3) is 0 Å². The molecule has 25 heavy (non-hydrogen) atoms. The Kier molecular flexibility index (Phi) is 5.07. The maximum absolute atomic E-state index is 11.9. The molecule has 2 N–H and O–H groups in total. The quantitative estimate of drug-likeness (QED) is 0.549. The number of aromatic hydroxyl groups is 1. The average molecular weight is 332 g/mol. The number of carbonyl (C=O) groups excluding carboxylic acids is 1. The second-order valence-electron chi connectivity index (χ2n) is 5.23. The molecule has 5 nitrogen and oxygen atoms in total. The van der Waals surface area contributed by atoms with Crippen LogP contribution >= 0.6 is 0 Å². The van der Waals surface area contributed by atoms with Crippen molar-refractivity contribution in [2.45, 2.75) is 0 Å². The van der Waals surface area contributed by atoms with Gasteiger partial charge in [0.1, 0.15) is 17.2 Å². The summed E-state index contributed by atoms with van der Waals surface area (Å²) in [4.78, 5) is 11.9. The van der Waals surface area contributed by atoms with Crippen molar-refractivity contribution in [3.05, 3.63) is 90.0 Å². The maximum atomic E-state index is 11.9. The van der Waals surface area contributed by atoms with E-state index in [9.17, 15) is 9.90 Å². The summed E-state index contributed by atoms with van der Waals surface area (Å²) in [6, 6.07) is 22.8. The van der Waals surface area contributed by atoms with Crippen LogP contribution in [0.4, 0.5) is 0 Å². The van der Waals surface area contributed by atoms with E-state index in [0.29, 0.717) is 11.3 Å². The third-order valence-corrected chi connectivity index (χ3v) is 3.35. The van der Waals surface area contributed by atoms with Gasteiger partial charge in [-0.3, -0.25) is 4.79 Å². The lowest BCUT2D eigenvalue weighted by molar-refractivity contribution is 0.0955. The first-order chi connectivity index (χ1) is 12.2. The van der Waals surface area contributed by atoms with Crippen LogP contribution in [0.1, 0.15) is 15.9 Å². The number of rotatable bonds is 5. The van der Waals surface area contributed by atoms with E-state index >= 15 is 0 Å². The van der Waals surface area contributed by atoms with E-state index in [1.54, 1.807) is 0 Å². The SMILES string of the molecule is O=C(N/N=C/c1cccc(Oc2ccccc2)c1)c1ccc(O)cc1. The molecule has 3 aromatic carbocycles. The van der Waals surface area contributed by atoms with Gasteiger partial charge in [-0.15, -0.1) is 0 Å². The van der Waals surface area contributed by atoms with E-state index in [2.05, 4.69) is 10.5 Å². The Morgan fingerprint density at radius 2 is 1.64 bits per heavy atom. The summed E-state index contributed by atoms with van der Waals surface area (Å²) < 4.78 is 5.75. The van der Waals surface area contributed by atoms with Gasteiger partial charge in [-0.05, 0) is 54.1 Å². The predicted molar refractivity (Wildman–Crippen MR) is 96.1 cm³/mol. The summed E-state index contributed by atoms with van der Waals surface area (Å²) in [5.41, 5.74) is 3.65. The van der Waals surface area contributed by atoms with Crippen LogP contribution in [0.3, 0.4) is 0 Å². The molecule has 0 aliphatic heterocycles. The zero-order valence-corrected chi connectivity index (χ0v) is 13.3. The number of amides is 1. The molecule has 5 heteroatoms. The minimum atomic E-state index is -0.354. The largest absolute Gasteiger partial charge is 0.508 e. The number of ether oxygens (including phenoxy) is 1. The van der Waals surface area contributed by atoms with Gasteiger partial charge in [-0.25, -0.2) is 5.43 Å². The lowest BCUT2D eigenvalue weighted by Crippen LogP contribution is -2.17. The topological polar surface area (TPSA) is 70.9 Å². The van der Waals surface area contributed by atoms with Crippen molar-refractivity contribution in [2.24, 2.45) is 5.10 Å². The van der Waals surface area contributed by atoms with Crippen molar-refractivity contribution in [1.82, 2.24) is 5.43 Å². The summed E-state index contributed by atoms with van der Waals surface area (Å²) in [7, 11) is 0. The number of carbonyl (C=O) groups is 1. The molecule has 0 bridgehead atoms. The Bertz CT molecular complexity index is 875. The highest BCUT2D eigenvalue weighted by molar-refractivity contribution is 5.95. The molecule has 0 radical (unpaired) electrons. The van der Waals surface area contributed by atoms with Crippen LogP contribution < -0.4 is 10.2 Å². The second kappa shape index (κ2) is 7.79. The third kappa shape index (κ3) is 4.68. The zero-order chi connectivity index (χ0) is 17.5. The molecular weight excluding hydrogens is 316 g/mol. The number of hydrogen-bond donors (Lipinski definition) is 2. The molecule has 0 fully saturated rings. The van der Waals surface area contributed by atoms with Crippen molar-refractivity contribution in [3.63, 3.8) is 0 Å². The van der Waals surface area contributed by atoms with Crippen molar-refractivity contribution in [1.29, 1.82) is 0 Å². The minimum absolute atomic E-state index is 0.107. The molecule has 3 aromatic rings. The Morgan fingerprint density at radius 3 is 2.40 bits per heavy atom. The van der Waals surface area contributed by atoms with Gasteiger partial charge in [-0.1, -0.05) is 30.3 Å². The average Bonchev–Trinajstić information content (AvgIpc) is 2.63. The van der Waals surface area contributed by atoms with Gasteiger partial charge >= 0.3 is 0 Å². The van der Waals surface area contributed by atoms with Gasteiger partial charge in [0, 0.05) is 5.56 Å². The minimum Gasteiger partial charge on any atom is -0.508 e. The van der Waals surface area contributed by atoms with Crippen molar-refractivity contribution < 1.29 is 14.6 Å². The van der Waals surface area contributed by atoms with Gasteiger partial charge in [0.05, 0.1) is 6.21 Å². The molecular formula is C20H16N2O3. The van der Waals surface area contributed by atoms with E-state index < -0.39 is 0 Å². The zero-order valence-electron chi connectivity index (χ0n) is 13.3. The number of para-hydroxylation sites is 1. The Hall–Kier alpha value is -3.60. The van der Waals surface area contributed by atoms with Crippen LogP contribution in [0.2, 0.25) is 0 Å². The lowest BCUT2D eigenvalue weighted by atomic mass is 10.2. The van der Waals surface area contributed by atoms with Crippen molar-refractivity contribution >= 4 is 12.1 Å². The number of benzene rings is 3. The first-order valence-electron chi connectivity index (χ1n) is 7.66. The van der Waals surface area contributed by atoms with Crippen LogP contribution in [0, 0.1) is 0 Å². The van der Waals surface area contributed by atoms with E-state index in [1.165, 1.54) is 30.5 Å². The van der Waals surface area contributed by atoms with Crippen LogP contribution in [0.5, 0.6) is 17.2 Å². The highest BCUT2D eigenvalue weighted by Gasteiger charge is 2.03. The molecule has 0 aromatic heterocycles. The van der Waals surface area contributed by atoms with E-state index in [0.717, 1.165) is 11.3 Å². The van der Waals surface area contributed by atoms with Crippen molar-refractivity contribution in [3.8, 4) is 17.2 Å². The Morgan fingerprint density at radius 1 is 0.920 bits per heavy atom. The standard InChI is InChI=1S/C20H16N2O3/c23-17-11-9-16(10-12-17)20(24)22-21-14-15-5-4-8-19(13-15)25-18-6-2-1-3-7-18/h1-14,23H,(H,22,24)/b21-14+. The molecule has 0 aliphatic carbocycles. The van der Waals surface area contributed by atoms with E-state index in [-0.39, 0.29) is 11.7 Å². The fourth-order valence-corrected chi connectivity index (χ4v) is 2.13. The second-order valence-corrected chi connectivity index (χ2v) is 5.23. The van der Waals surface area contributed by atoms with Crippen LogP contribution in [-0.4, -0.2) is 17.2 Å². The molecule has 3 rings (SSSR count). The van der Waals surface area contributed by atoms with Gasteiger partial charge in [0.25, 0.3) is 5.91 Å². The Labute approximate surface area is 145 Å². The van der Waals surface area contributed by atoms with Crippen LogP contribution in [-0.2, 0) is 0 Å². The van der Waals surface area contributed by atoms with Gasteiger partial charge in [0.15, 0.2) is 0 Å². The normalized spacial score (nSPS) is 10.6. The van der Waals surface area contributed by atoms with Gasteiger partial charge in [-0.2, -0.15) is 5.10 Å². The van der Waals surface area contributed by atoms with Gasteiger partial charge in [0.2, 0.25) is 0 Å². The predicted octanol–water partition coefficient (Wildman–Crippen LogP) is 3.95. The fraction of sp³-hybridized carbons (Fsp3) is 0. The number of hydrazone groups is 1. The summed E-state index contributed by atoms with van der Waals surface area (Å²) in [6.07, 6.45) is 1.54. The number of phenols is 1. The molecule has 0 heterocycles. The first-order valence-corrected chi connectivity index (χ1v) is 7.66. The van der Waals surface area contributed by atoms with Crippen LogP contribution in [0.15, 0.2) is 84.0 Å². The summed E-state index contributed by atoms with van der Waals surface area (Å²) in [6.45, 7) is 0. The number of hydrogen-bond acceptors (Lipinski definition) is 4. The highest BCUT2D eigenvalue weighted by atomic mass is 16.5. The Balaban J connectivity index is 1.62. The van der Waals surface area contributed by atoms with E-state index in [1.807, 2.05) is 54.6 Å². The monoisotopic (exact) mass is 332 g/mol. The molecule has 0 saturated heterocycles. The van der Waals surface area contributed by atoms with Gasteiger partial charge < -0.3 is 9.84 Å². The van der Waals surface area contributed by atoms with E-state index in [4.69, 9.17) is 4.74 Å². The maximum Gasteiger partial charge on any atom is 0.271 e. The summed E-state index contributed by atoms with van der Waals surface area (Å²) in [5, 5.41) is 13.2. The summed E-state index contributed by atoms with van der Waals surface area (Å²) >= 11 is 0. The molecule has 0 unspecified atom stereocenters. The smallest absolute Gasteiger partial charge is 0.271 e. The molecule has 124 valence electrons. The number of nitrogens with one attached hydrogen (secondary N) is 1. The summed E-state index contributed by atoms with van der Waals surface area (Å²) in [5.74, 6) is 1.18. The number of nitrogens with zero attached hydrogens (tertiary/aromatic N) is 1.